The van der Waals surface area contributed by atoms with Crippen molar-refractivity contribution in [1.29, 1.82) is 0 Å². The molecule has 1 aliphatic heterocycles. The maximum atomic E-state index is 4.69. The molecule has 1 N–H and O–H groups in total. The molecule has 4 nitrogen and oxygen atoms in total. The molecule has 1 saturated heterocycles. The molecule has 0 aliphatic carbocycles. The summed E-state index contributed by atoms with van der Waals surface area (Å²) in [5.41, 5.74) is 0. The van der Waals surface area contributed by atoms with E-state index in [0.717, 1.165) is 30.6 Å². The van der Waals surface area contributed by atoms with Crippen LogP contribution < -0.4 is 10.2 Å². The van der Waals surface area contributed by atoms with Crippen LogP contribution >= 0.6 is 11.5 Å². The lowest BCUT2D eigenvalue weighted by molar-refractivity contribution is 0.512. The summed E-state index contributed by atoms with van der Waals surface area (Å²) in [6, 6.07) is 0.590. The van der Waals surface area contributed by atoms with Crippen LogP contribution in [0.3, 0.4) is 0 Å². The van der Waals surface area contributed by atoms with Gasteiger partial charge in [0.2, 0.25) is 5.13 Å². The highest BCUT2D eigenvalue weighted by Gasteiger charge is 2.27. The molecule has 5 heteroatoms. The molecule has 0 radical (unpaired) electrons. The van der Waals surface area contributed by atoms with Gasteiger partial charge in [0.15, 0.2) is 0 Å². The van der Waals surface area contributed by atoms with E-state index in [1.807, 2.05) is 0 Å². The Hall–Kier alpha value is -0.680. The fourth-order valence-corrected chi connectivity index (χ4v) is 3.32. The van der Waals surface area contributed by atoms with Crippen LogP contribution in [0.4, 0.5) is 5.13 Å². The summed E-state index contributed by atoms with van der Waals surface area (Å²) in [5, 5.41) is 4.68. The molecule has 0 spiro atoms. The molecular weight excluding hydrogens is 256 g/mol. The number of anilines is 1. The van der Waals surface area contributed by atoms with Crippen molar-refractivity contribution in [1.82, 2.24) is 14.7 Å². The lowest BCUT2D eigenvalue weighted by atomic mass is 10.2. The van der Waals surface area contributed by atoms with Crippen LogP contribution in [0.15, 0.2) is 0 Å². The van der Waals surface area contributed by atoms with E-state index in [9.17, 15) is 0 Å². The predicted octanol–water partition coefficient (Wildman–Crippen LogP) is 2.88. The lowest BCUT2D eigenvalue weighted by Gasteiger charge is -2.24. The molecule has 1 aliphatic rings. The van der Waals surface area contributed by atoms with Gasteiger partial charge in [-0.1, -0.05) is 27.7 Å². The third kappa shape index (κ3) is 3.89. The minimum Gasteiger partial charge on any atom is -0.343 e. The van der Waals surface area contributed by atoms with E-state index in [0.29, 0.717) is 17.9 Å². The van der Waals surface area contributed by atoms with E-state index < -0.39 is 0 Å². The smallest absolute Gasteiger partial charge is 0.205 e. The van der Waals surface area contributed by atoms with Crippen molar-refractivity contribution in [2.45, 2.75) is 52.5 Å². The third-order valence-electron chi connectivity index (χ3n) is 3.50. The van der Waals surface area contributed by atoms with E-state index in [1.54, 1.807) is 11.5 Å². The van der Waals surface area contributed by atoms with Crippen LogP contribution in [0.2, 0.25) is 0 Å². The Kier molecular flexibility index (Phi) is 5.16. The quantitative estimate of drug-likeness (QED) is 0.871. The first-order chi connectivity index (χ1) is 9.08. The molecule has 1 atom stereocenters. The predicted molar refractivity (Wildman–Crippen MR) is 82.1 cm³/mol. The second-order valence-electron chi connectivity index (χ2n) is 6.13. The van der Waals surface area contributed by atoms with E-state index in [4.69, 9.17) is 4.98 Å². The number of hydrogen-bond acceptors (Lipinski definition) is 5. The van der Waals surface area contributed by atoms with Crippen molar-refractivity contribution in [3.8, 4) is 0 Å². The van der Waals surface area contributed by atoms with Crippen molar-refractivity contribution >= 4 is 16.7 Å². The van der Waals surface area contributed by atoms with E-state index in [1.165, 1.54) is 12.8 Å². The zero-order valence-corrected chi connectivity index (χ0v) is 13.3. The van der Waals surface area contributed by atoms with E-state index in [-0.39, 0.29) is 0 Å². The molecule has 108 valence electrons. The zero-order valence-electron chi connectivity index (χ0n) is 12.5. The Morgan fingerprint density at radius 2 is 2.16 bits per heavy atom. The second-order valence-corrected chi connectivity index (χ2v) is 6.86. The van der Waals surface area contributed by atoms with Gasteiger partial charge in [-0.25, -0.2) is 4.98 Å². The summed E-state index contributed by atoms with van der Waals surface area (Å²) in [5.74, 6) is 2.12. The average molecular weight is 282 g/mol. The van der Waals surface area contributed by atoms with Gasteiger partial charge < -0.3 is 10.2 Å². The molecule has 0 saturated carbocycles. The summed E-state index contributed by atoms with van der Waals surface area (Å²) < 4.78 is 4.47. The number of rotatable bonds is 6. The molecule has 1 aromatic rings. The van der Waals surface area contributed by atoms with Gasteiger partial charge in [-0.05, 0) is 25.3 Å². The van der Waals surface area contributed by atoms with Crippen molar-refractivity contribution in [3.05, 3.63) is 5.82 Å². The van der Waals surface area contributed by atoms with Crippen LogP contribution in [-0.4, -0.2) is 35.0 Å². The normalized spacial score (nSPS) is 19.9. The molecule has 2 heterocycles. The second kappa shape index (κ2) is 6.66. The Bertz CT molecular complexity index is 389. The van der Waals surface area contributed by atoms with Gasteiger partial charge in [-0.2, -0.15) is 4.37 Å². The van der Waals surface area contributed by atoms with E-state index in [2.05, 4.69) is 42.3 Å². The van der Waals surface area contributed by atoms with Crippen molar-refractivity contribution in [2.75, 3.05) is 24.5 Å². The molecule has 1 fully saturated rings. The van der Waals surface area contributed by atoms with Crippen molar-refractivity contribution in [3.63, 3.8) is 0 Å². The number of nitrogens with zero attached hydrogens (tertiary/aromatic N) is 3. The van der Waals surface area contributed by atoms with Crippen LogP contribution in [0.25, 0.3) is 0 Å². The molecule has 2 rings (SSSR count). The van der Waals surface area contributed by atoms with Crippen LogP contribution in [0.5, 0.6) is 0 Å². The minimum atomic E-state index is 0.421. The Morgan fingerprint density at radius 3 is 2.79 bits per heavy atom. The van der Waals surface area contributed by atoms with Gasteiger partial charge in [0.25, 0.3) is 0 Å². The van der Waals surface area contributed by atoms with Crippen molar-refractivity contribution < 1.29 is 0 Å². The van der Waals surface area contributed by atoms with Crippen LogP contribution in [0.1, 0.15) is 52.3 Å². The van der Waals surface area contributed by atoms with E-state index >= 15 is 0 Å². The Balaban J connectivity index is 1.93. The summed E-state index contributed by atoms with van der Waals surface area (Å²) in [4.78, 5) is 7.13. The first kappa shape index (κ1) is 14.7. The monoisotopic (exact) mass is 282 g/mol. The van der Waals surface area contributed by atoms with Gasteiger partial charge in [0.1, 0.15) is 5.82 Å². The third-order valence-corrected chi connectivity index (χ3v) is 4.27. The summed E-state index contributed by atoms with van der Waals surface area (Å²) >= 11 is 1.56. The SMILES string of the molecule is CC(C)CNCC1CCCN1c1nc(C(C)C)ns1. The fourth-order valence-electron chi connectivity index (χ4n) is 2.42. The highest BCUT2D eigenvalue weighted by Crippen LogP contribution is 2.28. The standard InChI is InChI=1S/C14H26N4S/c1-10(2)8-15-9-12-6-5-7-18(12)14-16-13(11(3)4)17-19-14/h10-12,15H,5-9H2,1-4H3. The maximum Gasteiger partial charge on any atom is 0.205 e. The first-order valence-corrected chi connectivity index (χ1v) is 8.16. The molecular formula is C14H26N4S. The molecule has 0 bridgehead atoms. The summed E-state index contributed by atoms with van der Waals surface area (Å²) in [7, 11) is 0. The largest absolute Gasteiger partial charge is 0.343 e. The lowest BCUT2D eigenvalue weighted by Crippen LogP contribution is -2.39. The number of nitrogens with one attached hydrogen (secondary N) is 1. The molecule has 19 heavy (non-hydrogen) atoms. The van der Waals surface area contributed by atoms with Crippen LogP contribution in [0, 0.1) is 5.92 Å². The van der Waals surface area contributed by atoms with Crippen LogP contribution in [-0.2, 0) is 0 Å². The highest BCUT2D eigenvalue weighted by atomic mass is 32.1. The molecule has 0 aromatic carbocycles. The molecule has 1 unspecified atom stereocenters. The van der Waals surface area contributed by atoms with Crippen molar-refractivity contribution in [2.24, 2.45) is 5.92 Å². The average Bonchev–Trinajstić information content (AvgIpc) is 2.94. The Labute approximate surface area is 120 Å². The van der Waals surface area contributed by atoms with Gasteiger partial charge in [0, 0.05) is 36.6 Å². The summed E-state index contributed by atoms with van der Waals surface area (Å²) in [6.45, 7) is 12.1. The zero-order chi connectivity index (χ0) is 13.8. The topological polar surface area (TPSA) is 41.0 Å². The first-order valence-electron chi connectivity index (χ1n) is 7.39. The molecule has 1 aromatic heterocycles. The molecule has 0 amide bonds. The van der Waals surface area contributed by atoms with Gasteiger partial charge in [-0.15, -0.1) is 0 Å². The maximum absolute atomic E-state index is 4.69. The summed E-state index contributed by atoms with van der Waals surface area (Å²) in [6.07, 6.45) is 2.53. The van der Waals surface area contributed by atoms with Gasteiger partial charge in [0.05, 0.1) is 0 Å². The van der Waals surface area contributed by atoms with Gasteiger partial charge >= 0.3 is 0 Å². The fraction of sp³-hybridized carbons (Fsp3) is 0.857. The Morgan fingerprint density at radius 1 is 1.37 bits per heavy atom. The number of aromatic nitrogens is 2. The minimum absolute atomic E-state index is 0.421. The highest BCUT2D eigenvalue weighted by molar-refractivity contribution is 7.09. The number of hydrogen-bond donors (Lipinski definition) is 1. The van der Waals surface area contributed by atoms with Gasteiger partial charge in [-0.3, -0.25) is 0 Å².